The van der Waals surface area contributed by atoms with Gasteiger partial charge in [0.15, 0.2) is 0 Å². The van der Waals surface area contributed by atoms with Crippen LogP contribution in [0.4, 0.5) is 0 Å². The highest BCUT2D eigenvalue weighted by atomic mass is 127. The van der Waals surface area contributed by atoms with E-state index in [1.165, 1.54) is 16.7 Å². The second-order valence-corrected chi connectivity index (χ2v) is 5.22. The third-order valence-corrected chi connectivity index (χ3v) is 3.86. The van der Waals surface area contributed by atoms with E-state index < -0.39 is 0 Å². The van der Waals surface area contributed by atoms with Crippen LogP contribution in [0.5, 0.6) is 5.75 Å². The van der Waals surface area contributed by atoms with E-state index in [0.29, 0.717) is 6.61 Å². The van der Waals surface area contributed by atoms with Crippen LogP contribution >= 0.6 is 22.6 Å². The van der Waals surface area contributed by atoms with Crippen LogP contribution < -0.4 is 4.74 Å². The molecule has 1 heterocycles. The van der Waals surface area contributed by atoms with Gasteiger partial charge in [-0.3, -0.25) is 4.99 Å². The largest absolute Gasteiger partial charge is 0.489 e. The molecule has 3 rings (SSSR count). The maximum atomic E-state index is 5.81. The number of nitrogens with zero attached hydrogens (tertiary/aromatic N) is 1. The van der Waals surface area contributed by atoms with Crippen molar-refractivity contribution in [3.8, 4) is 5.75 Å². The Hall–Kier alpha value is -1.36. The SMILES string of the molecule is IC1=NCc2ccc(OCc3ccccc3)cc21. The lowest BCUT2D eigenvalue weighted by Gasteiger charge is -2.08. The van der Waals surface area contributed by atoms with E-state index in [1.54, 1.807) is 0 Å². The average Bonchev–Trinajstić information content (AvgIpc) is 2.79. The number of rotatable bonds is 3. The predicted molar refractivity (Wildman–Crippen MR) is 81.5 cm³/mol. The lowest BCUT2D eigenvalue weighted by Crippen LogP contribution is -1.97. The molecule has 0 amide bonds. The van der Waals surface area contributed by atoms with Gasteiger partial charge in [0, 0.05) is 5.56 Å². The molecule has 0 N–H and O–H groups in total. The second-order valence-electron chi connectivity index (χ2n) is 4.20. The third-order valence-electron chi connectivity index (χ3n) is 2.94. The molecule has 0 aromatic heterocycles. The fraction of sp³-hybridized carbons (Fsp3) is 0.133. The zero-order valence-corrected chi connectivity index (χ0v) is 11.9. The van der Waals surface area contributed by atoms with Crippen molar-refractivity contribution in [3.05, 3.63) is 65.2 Å². The van der Waals surface area contributed by atoms with Crippen LogP contribution in [0.3, 0.4) is 0 Å². The van der Waals surface area contributed by atoms with Crippen molar-refractivity contribution in [3.63, 3.8) is 0 Å². The summed E-state index contributed by atoms with van der Waals surface area (Å²) < 4.78 is 6.88. The second kappa shape index (κ2) is 5.10. The Labute approximate surface area is 120 Å². The molecule has 2 aromatic rings. The van der Waals surface area contributed by atoms with Crippen LogP contribution in [-0.4, -0.2) is 3.72 Å². The van der Waals surface area contributed by atoms with E-state index in [9.17, 15) is 0 Å². The number of fused-ring (bicyclic) bond motifs is 1. The molecular formula is C15H12INO. The minimum Gasteiger partial charge on any atom is -0.489 e. The molecule has 0 saturated heterocycles. The lowest BCUT2D eigenvalue weighted by molar-refractivity contribution is 0.306. The summed E-state index contributed by atoms with van der Waals surface area (Å²) in [4.78, 5) is 4.41. The summed E-state index contributed by atoms with van der Waals surface area (Å²) >= 11 is 2.27. The topological polar surface area (TPSA) is 21.6 Å². The zero-order chi connectivity index (χ0) is 12.4. The van der Waals surface area contributed by atoms with Crippen LogP contribution in [0.15, 0.2) is 53.5 Å². The first-order chi connectivity index (χ1) is 8.83. The Morgan fingerprint density at radius 3 is 2.78 bits per heavy atom. The van der Waals surface area contributed by atoms with Crippen LogP contribution in [0.1, 0.15) is 16.7 Å². The third kappa shape index (κ3) is 2.41. The van der Waals surface area contributed by atoms with Gasteiger partial charge in [0.2, 0.25) is 0 Å². The minimum atomic E-state index is 0.605. The van der Waals surface area contributed by atoms with Gasteiger partial charge in [-0.05, 0) is 45.9 Å². The number of halogens is 1. The maximum absolute atomic E-state index is 5.81. The van der Waals surface area contributed by atoms with Crippen molar-refractivity contribution < 1.29 is 4.74 Å². The summed E-state index contributed by atoms with van der Waals surface area (Å²) in [5.41, 5.74) is 3.67. The van der Waals surface area contributed by atoms with Gasteiger partial charge < -0.3 is 4.74 Å². The molecule has 2 nitrogen and oxygen atoms in total. The highest BCUT2D eigenvalue weighted by molar-refractivity contribution is 14.1. The number of aliphatic imine (C=N–C) groups is 1. The Kier molecular flexibility index (Phi) is 3.32. The van der Waals surface area contributed by atoms with Crippen LogP contribution in [0.25, 0.3) is 0 Å². The van der Waals surface area contributed by atoms with Gasteiger partial charge in [0.1, 0.15) is 16.1 Å². The van der Waals surface area contributed by atoms with Crippen molar-refractivity contribution in [2.75, 3.05) is 0 Å². The molecule has 1 aliphatic heterocycles. The van der Waals surface area contributed by atoms with Gasteiger partial charge in [-0.2, -0.15) is 0 Å². The molecule has 0 bridgehead atoms. The monoisotopic (exact) mass is 349 g/mol. The molecule has 1 aliphatic rings. The van der Waals surface area contributed by atoms with Crippen molar-refractivity contribution >= 4 is 26.3 Å². The number of hydrogen-bond acceptors (Lipinski definition) is 2. The van der Waals surface area contributed by atoms with E-state index >= 15 is 0 Å². The van der Waals surface area contributed by atoms with Crippen molar-refractivity contribution in [2.45, 2.75) is 13.2 Å². The Morgan fingerprint density at radius 2 is 1.94 bits per heavy atom. The molecule has 0 unspecified atom stereocenters. The quantitative estimate of drug-likeness (QED) is 0.769. The summed E-state index contributed by atoms with van der Waals surface area (Å²) in [6.07, 6.45) is 0. The molecule has 0 radical (unpaired) electrons. The number of hydrogen-bond donors (Lipinski definition) is 0. The van der Waals surface area contributed by atoms with Gasteiger partial charge >= 0.3 is 0 Å². The standard InChI is InChI=1S/C15H12INO/c16-15-14-8-13(7-6-12(14)9-17-15)18-10-11-4-2-1-3-5-11/h1-8H,9-10H2. The Bertz CT molecular complexity index is 593. The summed E-state index contributed by atoms with van der Waals surface area (Å²) in [7, 11) is 0. The highest BCUT2D eigenvalue weighted by Crippen LogP contribution is 2.26. The van der Waals surface area contributed by atoms with Crippen molar-refractivity contribution in [1.82, 2.24) is 0 Å². The Morgan fingerprint density at radius 1 is 1.11 bits per heavy atom. The summed E-state index contributed by atoms with van der Waals surface area (Å²) in [5.74, 6) is 0.906. The van der Waals surface area contributed by atoms with E-state index in [4.69, 9.17) is 4.74 Å². The first kappa shape index (κ1) is 11.7. The first-order valence-corrected chi connectivity index (χ1v) is 6.91. The molecule has 0 fully saturated rings. The van der Waals surface area contributed by atoms with Crippen LogP contribution in [0, 0.1) is 0 Å². The van der Waals surface area contributed by atoms with Gasteiger partial charge in [-0.25, -0.2) is 0 Å². The predicted octanol–water partition coefficient (Wildman–Crippen LogP) is 3.96. The first-order valence-electron chi connectivity index (χ1n) is 5.83. The van der Waals surface area contributed by atoms with E-state index in [-0.39, 0.29) is 0 Å². The summed E-state index contributed by atoms with van der Waals surface area (Å²) in [6, 6.07) is 16.4. The van der Waals surface area contributed by atoms with Crippen LogP contribution in [0.2, 0.25) is 0 Å². The van der Waals surface area contributed by atoms with Crippen molar-refractivity contribution in [1.29, 1.82) is 0 Å². The molecular weight excluding hydrogens is 337 g/mol. The summed E-state index contributed by atoms with van der Waals surface area (Å²) in [6.45, 7) is 1.40. The lowest BCUT2D eigenvalue weighted by atomic mass is 10.1. The van der Waals surface area contributed by atoms with E-state index in [2.05, 4.69) is 51.8 Å². The van der Waals surface area contributed by atoms with E-state index in [0.717, 1.165) is 16.0 Å². The molecule has 3 heteroatoms. The fourth-order valence-corrected chi connectivity index (χ4v) is 2.63. The van der Waals surface area contributed by atoms with Crippen LogP contribution in [-0.2, 0) is 13.2 Å². The molecule has 90 valence electrons. The highest BCUT2D eigenvalue weighted by Gasteiger charge is 2.13. The van der Waals surface area contributed by atoms with E-state index in [1.807, 2.05) is 24.3 Å². The smallest absolute Gasteiger partial charge is 0.120 e. The van der Waals surface area contributed by atoms with Gasteiger partial charge in [-0.15, -0.1) is 0 Å². The molecule has 2 aromatic carbocycles. The summed E-state index contributed by atoms with van der Waals surface area (Å²) in [5, 5.41) is 0. The fourth-order valence-electron chi connectivity index (χ4n) is 1.96. The number of benzene rings is 2. The maximum Gasteiger partial charge on any atom is 0.120 e. The number of ether oxygens (including phenoxy) is 1. The molecule has 0 atom stereocenters. The Balaban J connectivity index is 1.74. The molecule has 0 spiro atoms. The molecule has 18 heavy (non-hydrogen) atoms. The van der Waals surface area contributed by atoms with Gasteiger partial charge in [0.05, 0.1) is 6.54 Å². The van der Waals surface area contributed by atoms with Gasteiger partial charge in [0.25, 0.3) is 0 Å². The molecule has 0 aliphatic carbocycles. The van der Waals surface area contributed by atoms with Crippen molar-refractivity contribution in [2.24, 2.45) is 4.99 Å². The minimum absolute atomic E-state index is 0.605. The zero-order valence-electron chi connectivity index (χ0n) is 9.77. The molecule has 0 saturated carbocycles. The normalized spacial score (nSPS) is 13.1. The average molecular weight is 349 g/mol. The van der Waals surface area contributed by atoms with Gasteiger partial charge in [-0.1, -0.05) is 36.4 Å².